The quantitative estimate of drug-likeness (QED) is 0.255. The number of carbonyl (C=O) groups excluding carboxylic acids is 1. The van der Waals surface area contributed by atoms with Gasteiger partial charge in [0.1, 0.15) is 12.4 Å². The highest BCUT2D eigenvalue weighted by atomic mass is 35.5. The number of halogens is 1. The fraction of sp³-hybridized carbons (Fsp3) is 0.355. The number of carbonyl (C=O) groups is 1. The van der Waals surface area contributed by atoms with Crippen molar-refractivity contribution in [1.29, 1.82) is 5.26 Å². The summed E-state index contributed by atoms with van der Waals surface area (Å²) in [5.41, 5.74) is 2.70. The van der Waals surface area contributed by atoms with Crippen molar-refractivity contribution in [2.45, 2.75) is 31.3 Å². The molecule has 0 radical (unpaired) electrons. The molecule has 4 aromatic rings. The summed E-state index contributed by atoms with van der Waals surface area (Å²) in [6.45, 7) is 6.66. The molecule has 2 aromatic heterocycles. The van der Waals surface area contributed by atoms with E-state index < -0.39 is 0 Å². The van der Waals surface area contributed by atoms with Crippen LogP contribution in [0.1, 0.15) is 19.3 Å². The number of likely N-dealkylation sites (N-methyl/N-ethyl adjacent to an activating group) is 1. The Balaban J connectivity index is 1.43. The van der Waals surface area contributed by atoms with Crippen LogP contribution in [0.4, 0.5) is 5.82 Å². The molecule has 8 nitrogen and oxygen atoms in total. The fourth-order valence-corrected chi connectivity index (χ4v) is 7.12. The third kappa shape index (κ3) is 5.35. The first kappa shape index (κ1) is 27.5. The molecule has 0 aliphatic carbocycles. The number of likely N-dealkylation sites (tertiary alicyclic amines) is 1. The highest BCUT2D eigenvalue weighted by molar-refractivity contribution is 7.17. The number of aromatic nitrogens is 2. The number of anilines is 1. The van der Waals surface area contributed by atoms with Crippen molar-refractivity contribution in [1.82, 2.24) is 19.8 Å². The number of thiophene rings is 1. The number of amides is 1. The number of nitrogens with zero attached hydrogens (tertiary/aromatic N) is 6. The van der Waals surface area contributed by atoms with Crippen molar-refractivity contribution in [2.24, 2.45) is 0 Å². The molecule has 1 amide bonds. The van der Waals surface area contributed by atoms with Crippen LogP contribution < -0.4 is 9.64 Å². The molecule has 4 heterocycles. The summed E-state index contributed by atoms with van der Waals surface area (Å²) >= 11 is 8.66. The van der Waals surface area contributed by atoms with E-state index in [-0.39, 0.29) is 18.4 Å². The summed E-state index contributed by atoms with van der Waals surface area (Å²) in [5, 5.41) is 14.2. The average Bonchev–Trinajstić information content (AvgIpc) is 3.64. The van der Waals surface area contributed by atoms with Crippen LogP contribution in [0.5, 0.6) is 6.01 Å². The van der Waals surface area contributed by atoms with Gasteiger partial charge in [-0.1, -0.05) is 36.4 Å². The van der Waals surface area contributed by atoms with Gasteiger partial charge in [0.05, 0.1) is 24.0 Å². The van der Waals surface area contributed by atoms with Crippen molar-refractivity contribution in [3.05, 3.63) is 59.5 Å². The maximum absolute atomic E-state index is 12.5. The molecule has 10 heteroatoms. The number of rotatable bonds is 7. The molecule has 6 rings (SSSR count). The van der Waals surface area contributed by atoms with Gasteiger partial charge in [-0.15, -0.1) is 11.3 Å². The lowest BCUT2D eigenvalue weighted by atomic mass is 10.0. The maximum Gasteiger partial charge on any atom is 0.319 e. The fourth-order valence-electron chi connectivity index (χ4n) is 5.93. The van der Waals surface area contributed by atoms with Crippen LogP contribution in [0.2, 0.25) is 5.02 Å². The third-order valence-electron chi connectivity index (χ3n) is 8.16. The third-order valence-corrected chi connectivity index (χ3v) is 9.43. The van der Waals surface area contributed by atoms with Gasteiger partial charge < -0.3 is 19.4 Å². The number of fused-ring (bicyclic) bond motifs is 2. The first-order valence-corrected chi connectivity index (χ1v) is 15.1. The maximum atomic E-state index is 12.5. The molecule has 0 spiro atoms. The lowest BCUT2D eigenvalue weighted by molar-refractivity contribution is -0.128. The van der Waals surface area contributed by atoms with Gasteiger partial charge in [0.2, 0.25) is 5.91 Å². The van der Waals surface area contributed by atoms with Crippen molar-refractivity contribution in [2.75, 3.05) is 44.7 Å². The molecule has 2 saturated heterocycles. The van der Waals surface area contributed by atoms with E-state index in [9.17, 15) is 10.1 Å². The molecule has 0 saturated carbocycles. The number of ether oxygens (including phenoxy) is 1. The summed E-state index contributed by atoms with van der Waals surface area (Å²) in [6, 6.07) is 14.9. The van der Waals surface area contributed by atoms with Gasteiger partial charge in [0.15, 0.2) is 0 Å². The highest BCUT2D eigenvalue weighted by Crippen LogP contribution is 2.40. The Kier molecular flexibility index (Phi) is 7.80. The molecular weight excluding hydrogens is 556 g/mol. The molecular formula is C31H31ClN6O2S. The Bertz CT molecular complexity index is 1670. The molecule has 2 atom stereocenters. The summed E-state index contributed by atoms with van der Waals surface area (Å²) < 4.78 is 7.41. The minimum atomic E-state index is -0.285. The van der Waals surface area contributed by atoms with E-state index in [0.717, 1.165) is 41.4 Å². The second-order valence-electron chi connectivity index (χ2n) is 10.6. The molecule has 2 aromatic carbocycles. The lowest BCUT2D eigenvalue weighted by Gasteiger charge is -2.41. The molecule has 2 aliphatic heterocycles. The van der Waals surface area contributed by atoms with Crippen LogP contribution in [0.25, 0.3) is 32.1 Å². The van der Waals surface area contributed by atoms with E-state index in [1.165, 1.54) is 16.2 Å². The van der Waals surface area contributed by atoms with Crippen molar-refractivity contribution >= 4 is 55.7 Å². The first-order valence-electron chi connectivity index (χ1n) is 13.8. The van der Waals surface area contributed by atoms with Crippen LogP contribution in [-0.2, 0) is 4.79 Å². The van der Waals surface area contributed by atoms with Gasteiger partial charge in [0, 0.05) is 51.9 Å². The normalized spacial score (nSPS) is 19.5. The molecule has 0 bridgehead atoms. The number of piperazine rings is 1. The summed E-state index contributed by atoms with van der Waals surface area (Å²) in [4.78, 5) is 28.4. The van der Waals surface area contributed by atoms with Crippen LogP contribution in [0, 0.1) is 11.3 Å². The first-order chi connectivity index (χ1) is 20.0. The minimum Gasteiger partial charge on any atom is -0.462 e. The molecule has 0 unspecified atom stereocenters. The molecule has 0 N–H and O–H groups in total. The Hall–Kier alpha value is -3.71. The predicted molar refractivity (Wildman–Crippen MR) is 165 cm³/mol. The van der Waals surface area contributed by atoms with E-state index in [2.05, 4.69) is 53.1 Å². The van der Waals surface area contributed by atoms with Crippen LogP contribution in [-0.4, -0.2) is 77.6 Å². The van der Waals surface area contributed by atoms with E-state index >= 15 is 0 Å². The van der Waals surface area contributed by atoms with Crippen LogP contribution in [0.3, 0.4) is 0 Å². The zero-order valence-electron chi connectivity index (χ0n) is 22.9. The van der Waals surface area contributed by atoms with Gasteiger partial charge in [-0.3, -0.25) is 4.79 Å². The van der Waals surface area contributed by atoms with E-state index in [1.54, 1.807) is 16.2 Å². The van der Waals surface area contributed by atoms with Crippen molar-refractivity contribution in [3.63, 3.8) is 0 Å². The molecule has 2 aliphatic rings. The zero-order chi connectivity index (χ0) is 28.5. The van der Waals surface area contributed by atoms with Gasteiger partial charge in [-0.05, 0) is 61.5 Å². The van der Waals surface area contributed by atoms with E-state index in [1.807, 2.05) is 18.2 Å². The van der Waals surface area contributed by atoms with Crippen LogP contribution >= 0.6 is 22.9 Å². The number of benzene rings is 2. The average molecular weight is 587 g/mol. The van der Waals surface area contributed by atoms with Gasteiger partial charge in [-0.25, -0.2) is 0 Å². The second-order valence-corrected chi connectivity index (χ2v) is 11.9. The number of hydrogen-bond acceptors (Lipinski definition) is 8. The van der Waals surface area contributed by atoms with Gasteiger partial charge >= 0.3 is 6.01 Å². The Morgan fingerprint density at radius 3 is 2.88 bits per heavy atom. The van der Waals surface area contributed by atoms with E-state index in [0.29, 0.717) is 49.1 Å². The van der Waals surface area contributed by atoms with Gasteiger partial charge in [0.25, 0.3) is 0 Å². The summed E-state index contributed by atoms with van der Waals surface area (Å²) in [5.74, 6) is 0.527. The van der Waals surface area contributed by atoms with Crippen LogP contribution in [0.15, 0.2) is 54.4 Å². The zero-order valence-corrected chi connectivity index (χ0v) is 24.5. The Morgan fingerprint density at radius 2 is 2.10 bits per heavy atom. The SMILES string of the molecule is C=CC(=O)N1CCN(c2nc(OC[C@@H]3CCCN3C)nc3cc(-c4cccc5ccsc45)c(Cl)cc23)C[C@@H]1CC#N. The number of hydrogen-bond donors (Lipinski definition) is 0. The Labute approximate surface area is 248 Å². The standard InChI is InChI=1S/C31H31ClN6O2S/c1-3-28(39)38-14-13-37(18-21(38)9-11-33)30-25-16-26(32)24(23-8-4-6-20-10-15-41-29(20)23)17-27(25)34-31(35-30)40-19-22-7-5-12-36(22)2/h3-4,6,8,10,15-17,21-22H,1,5,7,9,12-14,18-19H2,2H3/t21-,22-/m0/s1. The smallest absolute Gasteiger partial charge is 0.319 e. The summed E-state index contributed by atoms with van der Waals surface area (Å²) in [6.07, 6.45) is 3.75. The van der Waals surface area contributed by atoms with Crippen molar-refractivity contribution in [3.8, 4) is 23.2 Å². The second kappa shape index (κ2) is 11.6. The largest absolute Gasteiger partial charge is 0.462 e. The van der Waals surface area contributed by atoms with E-state index in [4.69, 9.17) is 26.3 Å². The topological polar surface area (TPSA) is 85.6 Å². The van der Waals surface area contributed by atoms with Crippen molar-refractivity contribution < 1.29 is 9.53 Å². The molecule has 2 fully saturated rings. The predicted octanol–water partition coefficient (Wildman–Crippen LogP) is 5.75. The van der Waals surface area contributed by atoms with Gasteiger partial charge in [-0.2, -0.15) is 15.2 Å². The lowest BCUT2D eigenvalue weighted by Crippen LogP contribution is -2.55. The monoisotopic (exact) mass is 586 g/mol. The number of nitriles is 1. The Morgan fingerprint density at radius 1 is 1.22 bits per heavy atom. The summed E-state index contributed by atoms with van der Waals surface area (Å²) in [7, 11) is 2.12. The highest BCUT2D eigenvalue weighted by Gasteiger charge is 2.31. The molecule has 210 valence electrons. The minimum absolute atomic E-state index is 0.169. The molecule has 41 heavy (non-hydrogen) atoms.